The monoisotopic (exact) mass is 1050 g/mol. The molecule has 6 aromatic carbocycles. The largest absolute Gasteiger partial charge is 0.256 e. The Bertz CT molecular complexity index is 3270. The van der Waals surface area contributed by atoms with Crippen LogP contribution in [0.2, 0.25) is 0 Å². The second-order valence-electron chi connectivity index (χ2n) is 21.5. The normalized spacial score (nSPS) is 18.7. The van der Waals surface area contributed by atoms with E-state index in [2.05, 4.69) is 268 Å². The lowest BCUT2D eigenvalue weighted by Gasteiger charge is -2.44. The average Bonchev–Trinajstić information content (AvgIpc) is 3.51. The van der Waals surface area contributed by atoms with Gasteiger partial charge in [0.15, 0.2) is 0 Å². The van der Waals surface area contributed by atoms with Crippen molar-refractivity contribution < 1.29 is 0 Å². The van der Waals surface area contributed by atoms with Crippen LogP contribution < -0.4 is 0 Å². The van der Waals surface area contributed by atoms with Crippen LogP contribution in [0.3, 0.4) is 0 Å². The lowest BCUT2D eigenvalue weighted by molar-refractivity contribution is 0.125. The third-order valence-corrected chi connectivity index (χ3v) is 18.1. The van der Waals surface area contributed by atoms with Crippen molar-refractivity contribution >= 4 is 31.9 Å². The molecular formula is C66H59Br2N3. The molecule has 0 aliphatic heterocycles. The molecule has 0 radical (unpaired) electrons. The van der Waals surface area contributed by atoms with Gasteiger partial charge in [0.1, 0.15) is 0 Å². The molecule has 2 unspecified atom stereocenters. The predicted molar refractivity (Wildman–Crippen MR) is 303 cm³/mol. The highest BCUT2D eigenvalue weighted by atomic mass is 79.9. The van der Waals surface area contributed by atoms with Gasteiger partial charge in [0, 0.05) is 60.9 Å². The Morgan fingerprint density at radius 3 is 1.07 bits per heavy atom. The van der Waals surface area contributed by atoms with Crippen LogP contribution in [0.1, 0.15) is 106 Å². The molecule has 0 spiro atoms. The molecule has 2 aliphatic rings. The number of benzene rings is 6. The van der Waals surface area contributed by atoms with Gasteiger partial charge in [-0.2, -0.15) is 0 Å². The average molecular weight is 1050 g/mol. The molecule has 9 aromatic rings. The fraction of sp³-hybridized carbons (Fsp3) is 0.227. The lowest BCUT2D eigenvalue weighted by atomic mass is 9.59. The summed E-state index contributed by atoms with van der Waals surface area (Å²) in [6.07, 6.45) is 9.32. The number of halogens is 2. The van der Waals surface area contributed by atoms with Crippen LogP contribution in [0, 0.1) is 5.41 Å². The Morgan fingerprint density at radius 1 is 0.352 bits per heavy atom. The third-order valence-electron chi connectivity index (χ3n) is 17.2. The summed E-state index contributed by atoms with van der Waals surface area (Å²) in [4.78, 5) is 15.3. The summed E-state index contributed by atoms with van der Waals surface area (Å²) in [7, 11) is 0. The van der Waals surface area contributed by atoms with E-state index in [4.69, 9.17) is 15.0 Å². The van der Waals surface area contributed by atoms with Crippen LogP contribution in [0.25, 0.3) is 67.2 Å². The molecule has 5 heteroatoms. The van der Waals surface area contributed by atoms with E-state index in [9.17, 15) is 0 Å². The molecule has 0 saturated heterocycles. The number of rotatable bonds is 9. The van der Waals surface area contributed by atoms with E-state index in [1.54, 1.807) is 0 Å². The van der Waals surface area contributed by atoms with Crippen molar-refractivity contribution in [3.8, 4) is 67.2 Å². The van der Waals surface area contributed by atoms with Crippen molar-refractivity contribution in [3.63, 3.8) is 0 Å². The zero-order chi connectivity index (χ0) is 49.1. The van der Waals surface area contributed by atoms with Crippen molar-refractivity contribution in [1.29, 1.82) is 0 Å². The summed E-state index contributed by atoms with van der Waals surface area (Å²) in [6.45, 7) is 14.5. The van der Waals surface area contributed by atoms with Crippen molar-refractivity contribution in [2.45, 2.75) is 89.4 Å². The van der Waals surface area contributed by atoms with E-state index >= 15 is 0 Å². The highest BCUT2D eigenvalue weighted by Crippen LogP contribution is 2.62. The molecule has 71 heavy (non-hydrogen) atoms. The van der Waals surface area contributed by atoms with Gasteiger partial charge in [-0.1, -0.05) is 201 Å². The molecule has 3 aromatic heterocycles. The highest BCUT2D eigenvalue weighted by Gasteiger charge is 2.56. The highest BCUT2D eigenvalue weighted by molar-refractivity contribution is 9.10. The molecule has 0 bridgehead atoms. The number of pyridine rings is 3. The van der Waals surface area contributed by atoms with Gasteiger partial charge in [0.2, 0.25) is 0 Å². The van der Waals surface area contributed by atoms with Crippen molar-refractivity contribution in [1.82, 2.24) is 15.0 Å². The first-order valence-electron chi connectivity index (χ1n) is 25.1. The quantitative estimate of drug-likeness (QED) is 0.145. The summed E-state index contributed by atoms with van der Waals surface area (Å²) < 4.78 is 2.09. The van der Waals surface area contributed by atoms with E-state index in [1.807, 2.05) is 0 Å². The smallest absolute Gasteiger partial charge is 0.0702 e. The molecular weight excluding hydrogens is 995 g/mol. The van der Waals surface area contributed by atoms with Crippen LogP contribution in [0.4, 0.5) is 0 Å². The van der Waals surface area contributed by atoms with E-state index in [1.165, 1.54) is 50.1 Å². The van der Waals surface area contributed by atoms with Gasteiger partial charge < -0.3 is 0 Å². The molecule has 352 valence electrons. The molecule has 2 atom stereocenters. The predicted octanol–water partition coefficient (Wildman–Crippen LogP) is 18.8. The summed E-state index contributed by atoms with van der Waals surface area (Å²) in [5.41, 5.74) is 20.7. The topological polar surface area (TPSA) is 38.7 Å². The fourth-order valence-electron chi connectivity index (χ4n) is 12.1. The molecule has 1 fully saturated rings. The Morgan fingerprint density at radius 2 is 0.704 bits per heavy atom. The Hall–Kier alpha value is -6.27. The number of fused-ring (bicyclic) bond motifs is 1. The first-order valence-corrected chi connectivity index (χ1v) is 26.7. The Labute approximate surface area is 437 Å². The summed E-state index contributed by atoms with van der Waals surface area (Å²) >= 11 is 7.30. The fourth-order valence-corrected chi connectivity index (χ4v) is 12.9. The van der Waals surface area contributed by atoms with Crippen LogP contribution in [0.15, 0.2) is 203 Å². The van der Waals surface area contributed by atoms with Gasteiger partial charge >= 0.3 is 0 Å². The zero-order valence-corrected chi connectivity index (χ0v) is 44.6. The SMILES string of the molecule is CC1(C)c2ccc(-c3ccc(-c4ccccc4C4CC(c5ccccc5-c5ccc(-c6cccc(Br)c6)nc5)CC(c5ccccc5-c5ccc(-c6cccc(Br)c6)nc5)C4)cn3)cc2C(C)(C)C1(C)C. The molecule has 11 rings (SSSR count). The summed E-state index contributed by atoms with van der Waals surface area (Å²) in [6, 6.07) is 64.4. The molecule has 3 nitrogen and oxygen atoms in total. The van der Waals surface area contributed by atoms with Crippen molar-refractivity contribution in [2.75, 3.05) is 0 Å². The molecule has 1 saturated carbocycles. The van der Waals surface area contributed by atoms with Gasteiger partial charge in [0.25, 0.3) is 0 Å². The Balaban J connectivity index is 0.964. The van der Waals surface area contributed by atoms with E-state index in [0.29, 0.717) is 0 Å². The second kappa shape index (κ2) is 18.7. The van der Waals surface area contributed by atoms with Gasteiger partial charge in [-0.05, 0) is 146 Å². The first-order chi connectivity index (χ1) is 34.3. The number of aromatic nitrogens is 3. The Kier molecular flexibility index (Phi) is 12.4. The van der Waals surface area contributed by atoms with Gasteiger partial charge in [-0.3, -0.25) is 15.0 Å². The van der Waals surface area contributed by atoms with Crippen molar-refractivity contribution in [2.24, 2.45) is 5.41 Å². The maximum absolute atomic E-state index is 5.22. The van der Waals surface area contributed by atoms with E-state index in [-0.39, 0.29) is 34.0 Å². The maximum Gasteiger partial charge on any atom is 0.0702 e. The minimum atomic E-state index is 0.0287. The van der Waals surface area contributed by atoms with Crippen LogP contribution in [-0.4, -0.2) is 15.0 Å². The number of nitrogens with zero attached hydrogens (tertiary/aromatic N) is 3. The third kappa shape index (κ3) is 8.63. The number of hydrogen-bond donors (Lipinski definition) is 0. The standard InChI is InChI=1S/C66H59Br2N3/c1-64(2)59-29-25-44(38-60(59)65(3,4)66(64,5)6)63-32-28-47(41-71-63)55-21-9-12-24-58(55)50-34-48(56-22-10-7-19-53(56)45-26-30-61(69-39-45)42-15-13-17-51(67)36-42)33-49(35-50)57-23-11-8-20-54(57)46-27-31-62(70-40-46)43-16-14-18-52(68)37-43/h7-32,36-41,48-50H,33-35H2,1-6H3. The first kappa shape index (κ1) is 47.1. The second-order valence-corrected chi connectivity index (χ2v) is 23.3. The van der Waals surface area contributed by atoms with Gasteiger partial charge in [-0.25, -0.2) is 0 Å². The van der Waals surface area contributed by atoms with E-state index in [0.717, 1.165) is 73.1 Å². The molecule has 0 amide bonds. The zero-order valence-electron chi connectivity index (χ0n) is 41.4. The van der Waals surface area contributed by atoms with Crippen LogP contribution in [0.5, 0.6) is 0 Å². The minimum absolute atomic E-state index is 0.0287. The molecule has 0 N–H and O–H groups in total. The maximum atomic E-state index is 5.22. The summed E-state index contributed by atoms with van der Waals surface area (Å²) in [5, 5.41) is 0. The molecule has 3 heterocycles. The van der Waals surface area contributed by atoms with Gasteiger partial charge in [-0.15, -0.1) is 0 Å². The number of hydrogen-bond acceptors (Lipinski definition) is 3. The summed E-state index contributed by atoms with van der Waals surface area (Å²) in [5.74, 6) is 0.866. The van der Waals surface area contributed by atoms with Crippen LogP contribution >= 0.6 is 31.9 Å². The minimum Gasteiger partial charge on any atom is -0.256 e. The van der Waals surface area contributed by atoms with Crippen molar-refractivity contribution in [3.05, 3.63) is 231 Å². The lowest BCUT2D eigenvalue weighted by Crippen LogP contribution is -2.42. The van der Waals surface area contributed by atoms with Gasteiger partial charge in [0.05, 0.1) is 17.1 Å². The molecule has 2 aliphatic carbocycles. The van der Waals surface area contributed by atoms with Crippen LogP contribution in [-0.2, 0) is 10.8 Å². The van der Waals surface area contributed by atoms with E-state index < -0.39 is 0 Å².